The molecule has 1 amide bonds. The maximum atomic E-state index is 13.0. The fraction of sp³-hybridized carbons (Fsp3) is 0.300. The summed E-state index contributed by atoms with van der Waals surface area (Å²) in [4.78, 5) is 17.2. The normalized spacial score (nSPS) is 14.7. The van der Waals surface area contributed by atoms with E-state index in [1.807, 2.05) is 47.8 Å². The lowest BCUT2D eigenvalue weighted by molar-refractivity contribution is -0.137. The van der Waals surface area contributed by atoms with Crippen molar-refractivity contribution in [3.63, 3.8) is 0 Å². The second-order valence-electron chi connectivity index (χ2n) is 9.56. The zero-order valence-corrected chi connectivity index (χ0v) is 21.8. The third kappa shape index (κ3) is 6.19. The lowest BCUT2D eigenvalue weighted by Crippen LogP contribution is -2.46. The van der Waals surface area contributed by atoms with Crippen LogP contribution in [0.1, 0.15) is 28.8 Å². The number of rotatable bonds is 8. The van der Waals surface area contributed by atoms with Gasteiger partial charge < -0.3 is 10.2 Å². The third-order valence-corrected chi connectivity index (χ3v) is 7.97. The molecule has 38 heavy (non-hydrogen) atoms. The molecular formula is C30H30F3N3OS. The van der Waals surface area contributed by atoms with Gasteiger partial charge in [-0.2, -0.15) is 13.2 Å². The molecule has 1 saturated heterocycles. The number of benzene rings is 3. The molecule has 1 aliphatic rings. The summed E-state index contributed by atoms with van der Waals surface area (Å²) in [5.41, 5.74) is 3.31. The van der Waals surface area contributed by atoms with Crippen molar-refractivity contribution in [1.29, 1.82) is 0 Å². The minimum Gasteiger partial charge on any atom is -0.368 e. The topological polar surface area (TPSA) is 35.6 Å². The van der Waals surface area contributed by atoms with Gasteiger partial charge in [0, 0.05) is 53.8 Å². The highest BCUT2D eigenvalue weighted by molar-refractivity contribution is 7.17. The monoisotopic (exact) mass is 537 g/mol. The fourth-order valence-electron chi connectivity index (χ4n) is 4.86. The lowest BCUT2D eigenvalue weighted by atomic mass is 10.0. The van der Waals surface area contributed by atoms with Crippen LogP contribution in [-0.2, 0) is 6.18 Å². The van der Waals surface area contributed by atoms with Crippen LogP contribution in [-0.4, -0.2) is 50.1 Å². The quantitative estimate of drug-likeness (QED) is 0.248. The van der Waals surface area contributed by atoms with Crippen LogP contribution in [0.5, 0.6) is 0 Å². The Hall–Kier alpha value is -3.36. The maximum absolute atomic E-state index is 13.0. The summed E-state index contributed by atoms with van der Waals surface area (Å²) < 4.78 is 39.7. The summed E-state index contributed by atoms with van der Waals surface area (Å²) in [6, 6.07) is 21.8. The van der Waals surface area contributed by atoms with Crippen LogP contribution in [0.15, 0.2) is 78.2 Å². The Morgan fingerprint density at radius 3 is 2.29 bits per heavy atom. The zero-order valence-electron chi connectivity index (χ0n) is 21.0. The van der Waals surface area contributed by atoms with E-state index in [2.05, 4.69) is 27.2 Å². The maximum Gasteiger partial charge on any atom is 0.416 e. The summed E-state index contributed by atoms with van der Waals surface area (Å²) in [7, 11) is 0. The SMILES string of the molecule is O=C(NCCCCN1CCN(c2csc3cc(C(F)(F)F)ccc23)CC1)c1ccc(-c2ccccc2)cc1. The van der Waals surface area contributed by atoms with Crippen molar-refractivity contribution < 1.29 is 18.0 Å². The van der Waals surface area contributed by atoms with Crippen LogP contribution in [0.2, 0.25) is 0 Å². The number of hydrogen-bond acceptors (Lipinski definition) is 4. The van der Waals surface area contributed by atoms with E-state index in [1.165, 1.54) is 23.5 Å². The average Bonchev–Trinajstić information content (AvgIpc) is 3.37. The zero-order chi connectivity index (χ0) is 26.5. The van der Waals surface area contributed by atoms with Gasteiger partial charge in [-0.1, -0.05) is 48.5 Å². The van der Waals surface area contributed by atoms with Crippen LogP contribution >= 0.6 is 11.3 Å². The van der Waals surface area contributed by atoms with E-state index in [9.17, 15) is 18.0 Å². The summed E-state index contributed by atoms with van der Waals surface area (Å²) in [5.74, 6) is -0.0523. The number of hydrogen-bond donors (Lipinski definition) is 1. The highest BCUT2D eigenvalue weighted by Gasteiger charge is 2.31. The van der Waals surface area contributed by atoms with Gasteiger partial charge in [0.15, 0.2) is 0 Å². The van der Waals surface area contributed by atoms with Crippen LogP contribution in [0, 0.1) is 0 Å². The van der Waals surface area contributed by atoms with Crippen molar-refractivity contribution in [2.75, 3.05) is 44.2 Å². The first-order valence-corrected chi connectivity index (χ1v) is 13.8. The number of thiophene rings is 1. The number of alkyl halides is 3. The summed E-state index contributed by atoms with van der Waals surface area (Å²) in [6.45, 7) is 5.14. The van der Waals surface area contributed by atoms with Crippen molar-refractivity contribution >= 4 is 33.0 Å². The lowest BCUT2D eigenvalue weighted by Gasteiger charge is -2.36. The molecule has 2 heterocycles. The molecule has 0 spiro atoms. The van der Waals surface area contributed by atoms with Gasteiger partial charge in [0.05, 0.1) is 11.3 Å². The van der Waals surface area contributed by atoms with Gasteiger partial charge in [-0.05, 0) is 54.8 Å². The second kappa shape index (κ2) is 11.6. The Morgan fingerprint density at radius 1 is 0.868 bits per heavy atom. The largest absolute Gasteiger partial charge is 0.416 e. The molecule has 8 heteroatoms. The molecule has 0 radical (unpaired) electrons. The van der Waals surface area contributed by atoms with Crippen LogP contribution in [0.4, 0.5) is 18.9 Å². The molecule has 1 N–H and O–H groups in total. The van der Waals surface area contributed by atoms with Crippen molar-refractivity contribution in [2.45, 2.75) is 19.0 Å². The minimum atomic E-state index is -4.32. The first-order valence-electron chi connectivity index (χ1n) is 12.9. The first-order chi connectivity index (χ1) is 18.4. The molecule has 0 bridgehead atoms. The predicted molar refractivity (Wildman–Crippen MR) is 149 cm³/mol. The first kappa shape index (κ1) is 26.3. The number of nitrogens with one attached hydrogen (secondary N) is 1. The van der Waals surface area contributed by atoms with E-state index in [-0.39, 0.29) is 5.91 Å². The smallest absolute Gasteiger partial charge is 0.368 e. The molecule has 0 unspecified atom stereocenters. The molecule has 1 aliphatic heterocycles. The van der Waals surface area contributed by atoms with E-state index in [1.54, 1.807) is 6.07 Å². The number of nitrogens with zero attached hydrogens (tertiary/aromatic N) is 2. The summed E-state index contributed by atoms with van der Waals surface area (Å²) >= 11 is 1.37. The molecular weight excluding hydrogens is 507 g/mol. The van der Waals surface area contributed by atoms with Gasteiger partial charge in [-0.15, -0.1) is 11.3 Å². The highest BCUT2D eigenvalue weighted by Crippen LogP contribution is 2.38. The number of anilines is 1. The number of carbonyl (C=O) groups is 1. The minimum absolute atomic E-state index is 0.0523. The van der Waals surface area contributed by atoms with Crippen molar-refractivity contribution in [2.24, 2.45) is 0 Å². The van der Waals surface area contributed by atoms with Gasteiger partial charge in [0.25, 0.3) is 5.91 Å². The predicted octanol–water partition coefficient (Wildman–Crippen LogP) is 6.92. The van der Waals surface area contributed by atoms with E-state index < -0.39 is 11.7 Å². The Bertz CT molecular complexity index is 1360. The van der Waals surface area contributed by atoms with Gasteiger partial charge in [0.1, 0.15) is 0 Å². The number of carbonyl (C=O) groups excluding carboxylic acids is 1. The van der Waals surface area contributed by atoms with E-state index in [4.69, 9.17) is 0 Å². The van der Waals surface area contributed by atoms with E-state index in [0.717, 1.165) is 67.8 Å². The van der Waals surface area contributed by atoms with Gasteiger partial charge in [-0.3, -0.25) is 9.69 Å². The number of piperazine rings is 1. The third-order valence-electron chi connectivity index (χ3n) is 7.04. The molecule has 198 valence electrons. The van der Waals surface area contributed by atoms with Gasteiger partial charge >= 0.3 is 6.18 Å². The summed E-state index contributed by atoms with van der Waals surface area (Å²) in [5, 5.41) is 5.88. The second-order valence-corrected chi connectivity index (χ2v) is 10.5. The summed E-state index contributed by atoms with van der Waals surface area (Å²) in [6.07, 6.45) is -2.42. The Kier molecular flexibility index (Phi) is 8.00. The standard InChI is InChI=1S/C30H30F3N3OS/c31-30(32,33)25-12-13-26-27(21-38-28(26)20-25)36-18-16-35(17-19-36)15-5-4-14-34-29(37)24-10-8-23(9-11-24)22-6-2-1-3-7-22/h1-3,6-13,20-21H,4-5,14-19H2,(H,34,37). The Labute approximate surface area is 224 Å². The van der Waals surface area contributed by atoms with Crippen LogP contribution in [0.3, 0.4) is 0 Å². The molecule has 3 aromatic carbocycles. The van der Waals surface area contributed by atoms with Gasteiger partial charge in [-0.25, -0.2) is 0 Å². The Balaban J connectivity index is 1.02. The highest BCUT2D eigenvalue weighted by atomic mass is 32.1. The molecule has 1 fully saturated rings. The van der Waals surface area contributed by atoms with Crippen LogP contribution < -0.4 is 10.2 Å². The van der Waals surface area contributed by atoms with Crippen LogP contribution in [0.25, 0.3) is 21.2 Å². The molecule has 4 aromatic rings. The van der Waals surface area contributed by atoms with E-state index >= 15 is 0 Å². The van der Waals surface area contributed by atoms with Crippen molar-refractivity contribution in [1.82, 2.24) is 10.2 Å². The fourth-order valence-corrected chi connectivity index (χ4v) is 5.87. The van der Waals surface area contributed by atoms with Gasteiger partial charge in [0.2, 0.25) is 0 Å². The number of halogens is 3. The van der Waals surface area contributed by atoms with Crippen molar-refractivity contribution in [3.8, 4) is 11.1 Å². The van der Waals surface area contributed by atoms with E-state index in [0.29, 0.717) is 16.8 Å². The van der Waals surface area contributed by atoms with Crippen molar-refractivity contribution in [3.05, 3.63) is 89.3 Å². The number of fused-ring (bicyclic) bond motifs is 1. The molecule has 5 rings (SSSR count). The molecule has 1 aromatic heterocycles. The molecule has 0 saturated carbocycles. The number of amides is 1. The average molecular weight is 538 g/mol. The molecule has 0 aliphatic carbocycles. The number of unbranched alkanes of at least 4 members (excludes halogenated alkanes) is 1. The molecule has 4 nitrogen and oxygen atoms in total. The Morgan fingerprint density at radius 2 is 1.58 bits per heavy atom. The molecule has 0 atom stereocenters.